The molecule has 0 fully saturated rings. The molecule has 1 aromatic carbocycles. The van der Waals surface area contributed by atoms with Crippen LogP contribution in [-0.4, -0.2) is 29.2 Å². The largest absolute Gasteiger partial charge is 0.496 e. The summed E-state index contributed by atoms with van der Waals surface area (Å²) in [7, 11) is 3.19. The third-order valence-electron chi connectivity index (χ3n) is 2.63. The van der Waals surface area contributed by atoms with Gasteiger partial charge in [0.1, 0.15) is 10.8 Å². The lowest BCUT2D eigenvalue weighted by molar-refractivity contribution is 0.377. The number of hydrogen-bond acceptors (Lipinski definition) is 7. The number of aromatic nitrogens is 3. The lowest BCUT2D eigenvalue weighted by Crippen LogP contribution is -1.96. The first-order valence-electron chi connectivity index (χ1n) is 5.78. The van der Waals surface area contributed by atoms with Crippen molar-refractivity contribution in [2.24, 2.45) is 0 Å². The van der Waals surface area contributed by atoms with Crippen LogP contribution in [0.1, 0.15) is 0 Å². The Kier molecular flexibility index (Phi) is 3.70. The van der Waals surface area contributed by atoms with Gasteiger partial charge in [0.2, 0.25) is 0 Å². The Morgan fingerprint density at radius 2 is 2.05 bits per heavy atom. The fourth-order valence-electron chi connectivity index (χ4n) is 1.78. The van der Waals surface area contributed by atoms with Crippen LogP contribution in [0, 0.1) is 0 Å². The molecule has 20 heavy (non-hydrogen) atoms. The van der Waals surface area contributed by atoms with Crippen molar-refractivity contribution in [2.45, 2.75) is 9.37 Å². The van der Waals surface area contributed by atoms with Crippen LogP contribution in [0.15, 0.2) is 39.1 Å². The maximum absolute atomic E-state index is 5.41. The summed E-state index contributed by atoms with van der Waals surface area (Å²) in [5.41, 5.74) is 0.787. The van der Waals surface area contributed by atoms with Gasteiger partial charge in [-0.2, -0.15) is 9.97 Å². The summed E-state index contributed by atoms with van der Waals surface area (Å²) >= 11 is 3.04. The molecule has 0 aliphatic carbocycles. The zero-order chi connectivity index (χ0) is 13.9. The molecule has 3 rings (SSSR count). The molecule has 0 N–H and O–H groups in total. The number of rotatable bonds is 4. The molecule has 5 nitrogen and oxygen atoms in total. The fraction of sp³-hybridized carbons (Fsp3) is 0.154. The highest BCUT2D eigenvalue weighted by Crippen LogP contribution is 2.37. The number of methoxy groups -OCH3 is 2. The van der Waals surface area contributed by atoms with Crippen LogP contribution in [0.3, 0.4) is 0 Å². The quantitative estimate of drug-likeness (QED) is 0.690. The van der Waals surface area contributed by atoms with Gasteiger partial charge in [0, 0.05) is 11.6 Å². The average molecular weight is 305 g/mol. The molecule has 102 valence electrons. The molecule has 0 atom stereocenters. The predicted octanol–water partition coefficient (Wildman–Crippen LogP) is 3.25. The minimum Gasteiger partial charge on any atom is -0.496 e. The number of nitrogens with zero attached hydrogens (tertiary/aromatic N) is 3. The molecule has 0 unspecified atom stereocenters. The molecule has 0 saturated heterocycles. The minimum absolute atomic E-state index is 0.338. The van der Waals surface area contributed by atoms with Crippen molar-refractivity contribution in [3.05, 3.63) is 29.8 Å². The van der Waals surface area contributed by atoms with Gasteiger partial charge in [0.05, 0.1) is 25.1 Å². The topological polar surface area (TPSA) is 57.1 Å². The Bertz CT molecular complexity index is 732. The second kappa shape index (κ2) is 5.64. The fourth-order valence-corrected chi connectivity index (χ4v) is 3.44. The van der Waals surface area contributed by atoms with E-state index in [0.717, 1.165) is 26.0 Å². The van der Waals surface area contributed by atoms with E-state index in [1.807, 2.05) is 23.6 Å². The van der Waals surface area contributed by atoms with E-state index >= 15 is 0 Å². The molecule has 0 aliphatic rings. The van der Waals surface area contributed by atoms with Crippen molar-refractivity contribution in [3.63, 3.8) is 0 Å². The second-order valence-corrected chi connectivity index (χ2v) is 5.90. The Hall–Kier alpha value is -1.86. The normalized spacial score (nSPS) is 10.7. The third-order valence-corrected chi connectivity index (χ3v) is 4.50. The summed E-state index contributed by atoms with van der Waals surface area (Å²) in [6.45, 7) is 0. The zero-order valence-corrected chi connectivity index (χ0v) is 12.5. The van der Waals surface area contributed by atoms with Crippen molar-refractivity contribution in [1.82, 2.24) is 15.0 Å². The van der Waals surface area contributed by atoms with Crippen molar-refractivity contribution in [2.75, 3.05) is 14.2 Å². The first-order chi connectivity index (χ1) is 9.81. The number of hydrogen-bond donors (Lipinski definition) is 0. The summed E-state index contributed by atoms with van der Waals surface area (Å²) in [4.78, 5) is 13.0. The van der Waals surface area contributed by atoms with Gasteiger partial charge in [-0.3, -0.25) is 0 Å². The predicted molar refractivity (Wildman–Crippen MR) is 78.9 cm³/mol. The van der Waals surface area contributed by atoms with E-state index in [2.05, 4.69) is 15.0 Å². The van der Waals surface area contributed by atoms with Crippen LogP contribution in [0.2, 0.25) is 0 Å². The summed E-state index contributed by atoms with van der Waals surface area (Å²) in [5.74, 6) is 0.740. The van der Waals surface area contributed by atoms with E-state index in [0.29, 0.717) is 6.01 Å². The molecule has 7 heteroatoms. The second-order valence-electron chi connectivity index (χ2n) is 3.77. The highest BCUT2D eigenvalue weighted by molar-refractivity contribution is 8.01. The lowest BCUT2D eigenvalue weighted by atomic mass is 10.2. The van der Waals surface area contributed by atoms with Gasteiger partial charge in [-0.15, -0.1) is 11.3 Å². The van der Waals surface area contributed by atoms with E-state index in [1.165, 1.54) is 11.8 Å². The molecule has 2 heterocycles. The van der Waals surface area contributed by atoms with E-state index < -0.39 is 0 Å². The van der Waals surface area contributed by atoms with Crippen LogP contribution >= 0.6 is 23.1 Å². The minimum atomic E-state index is 0.338. The molecule has 0 amide bonds. The van der Waals surface area contributed by atoms with Gasteiger partial charge in [0.15, 0.2) is 4.34 Å². The van der Waals surface area contributed by atoms with Crippen LogP contribution in [-0.2, 0) is 0 Å². The van der Waals surface area contributed by atoms with E-state index in [4.69, 9.17) is 9.47 Å². The number of thiazole rings is 1. The van der Waals surface area contributed by atoms with Crippen LogP contribution < -0.4 is 9.47 Å². The van der Waals surface area contributed by atoms with E-state index in [9.17, 15) is 0 Å². The first-order valence-corrected chi connectivity index (χ1v) is 7.47. The Labute approximate surface area is 124 Å². The number of ether oxygens (including phenoxy) is 2. The average Bonchev–Trinajstić information content (AvgIpc) is 2.99. The molecule has 0 aliphatic heterocycles. The molecule has 0 spiro atoms. The molecule has 0 radical (unpaired) electrons. The Morgan fingerprint density at radius 3 is 2.75 bits per heavy atom. The third kappa shape index (κ3) is 2.41. The molecular weight excluding hydrogens is 294 g/mol. The van der Waals surface area contributed by atoms with Crippen LogP contribution in [0.4, 0.5) is 0 Å². The molecule has 2 aromatic heterocycles. The standard InChI is InChI=1S/C13H11N3O2S2/c1-17-9-5-3-4-8-10(9)11(16-12(15-8)18-2)20-13-14-6-7-19-13/h3-7H,1-2H3. The smallest absolute Gasteiger partial charge is 0.317 e. The highest BCUT2D eigenvalue weighted by Gasteiger charge is 2.14. The van der Waals surface area contributed by atoms with Gasteiger partial charge in [0.25, 0.3) is 0 Å². The van der Waals surface area contributed by atoms with Crippen molar-refractivity contribution in [1.29, 1.82) is 0 Å². The van der Waals surface area contributed by atoms with E-state index in [-0.39, 0.29) is 0 Å². The summed E-state index contributed by atoms with van der Waals surface area (Å²) in [6, 6.07) is 6.04. The Balaban J connectivity index is 2.21. The van der Waals surface area contributed by atoms with E-state index in [1.54, 1.807) is 31.8 Å². The zero-order valence-electron chi connectivity index (χ0n) is 10.9. The molecule has 0 bridgehead atoms. The van der Waals surface area contributed by atoms with Gasteiger partial charge < -0.3 is 9.47 Å². The highest BCUT2D eigenvalue weighted by atomic mass is 32.2. The number of fused-ring (bicyclic) bond motifs is 1. The Morgan fingerprint density at radius 1 is 1.15 bits per heavy atom. The first kappa shape index (κ1) is 13.1. The van der Waals surface area contributed by atoms with Crippen molar-refractivity contribution >= 4 is 34.0 Å². The van der Waals surface area contributed by atoms with Crippen molar-refractivity contribution in [3.8, 4) is 11.8 Å². The summed E-state index contributed by atoms with van der Waals surface area (Å²) in [6.07, 6.45) is 1.77. The molecule has 0 saturated carbocycles. The maximum Gasteiger partial charge on any atom is 0.317 e. The van der Waals surface area contributed by atoms with Crippen LogP contribution in [0.5, 0.6) is 11.8 Å². The molecule has 3 aromatic rings. The van der Waals surface area contributed by atoms with Gasteiger partial charge in [-0.05, 0) is 23.9 Å². The lowest BCUT2D eigenvalue weighted by Gasteiger charge is -2.09. The van der Waals surface area contributed by atoms with Gasteiger partial charge in [-0.1, -0.05) is 6.07 Å². The van der Waals surface area contributed by atoms with Crippen molar-refractivity contribution < 1.29 is 9.47 Å². The van der Waals surface area contributed by atoms with Gasteiger partial charge in [-0.25, -0.2) is 4.98 Å². The van der Waals surface area contributed by atoms with Gasteiger partial charge >= 0.3 is 6.01 Å². The SMILES string of the molecule is COc1nc(Sc2nccs2)c2c(OC)cccc2n1. The number of benzene rings is 1. The van der Waals surface area contributed by atoms with Crippen LogP contribution in [0.25, 0.3) is 10.9 Å². The summed E-state index contributed by atoms with van der Waals surface area (Å²) in [5, 5.41) is 3.58. The molecular formula is C13H11N3O2S2. The monoisotopic (exact) mass is 305 g/mol. The maximum atomic E-state index is 5.41. The summed E-state index contributed by atoms with van der Waals surface area (Å²) < 4.78 is 11.5.